The third-order valence-corrected chi connectivity index (χ3v) is 4.35. The lowest BCUT2D eigenvalue weighted by atomic mass is 10.1. The first-order chi connectivity index (χ1) is 10.2. The van der Waals surface area contributed by atoms with Crippen molar-refractivity contribution in [1.29, 1.82) is 0 Å². The summed E-state index contributed by atoms with van der Waals surface area (Å²) in [6.45, 7) is 2.61. The molecule has 0 fully saturated rings. The average Bonchev–Trinajstić information content (AvgIpc) is 2.49. The highest BCUT2D eigenvalue weighted by molar-refractivity contribution is 7.71. The molecule has 1 aliphatic heterocycles. The van der Waals surface area contributed by atoms with Gasteiger partial charge in [0.2, 0.25) is 0 Å². The number of hydrogen-bond donors (Lipinski definition) is 1. The van der Waals surface area contributed by atoms with Gasteiger partial charge in [0.25, 0.3) is 0 Å². The summed E-state index contributed by atoms with van der Waals surface area (Å²) in [5, 5.41) is 0.691. The van der Waals surface area contributed by atoms with E-state index >= 15 is 0 Å². The average molecular weight is 322 g/mol. The highest BCUT2D eigenvalue weighted by Crippen LogP contribution is 2.29. The van der Waals surface area contributed by atoms with E-state index in [1.165, 1.54) is 11.3 Å². The molecule has 4 nitrogen and oxygen atoms in total. The molecule has 2 heterocycles. The van der Waals surface area contributed by atoms with E-state index in [2.05, 4.69) is 14.9 Å². The number of benzene rings is 1. The number of fused-ring (bicyclic) bond motifs is 1. The van der Waals surface area contributed by atoms with Gasteiger partial charge in [0.05, 0.1) is 12.1 Å². The Bertz CT molecular complexity index is 716. The van der Waals surface area contributed by atoms with Crippen LogP contribution in [0.5, 0.6) is 5.75 Å². The Kier molecular flexibility index (Phi) is 4.24. The van der Waals surface area contributed by atoms with Gasteiger partial charge in [-0.2, -0.15) is 0 Å². The van der Waals surface area contributed by atoms with Crippen LogP contribution in [0.4, 0.5) is 0 Å². The molecular weight excluding hydrogens is 306 g/mol. The van der Waals surface area contributed by atoms with Crippen molar-refractivity contribution in [1.82, 2.24) is 14.9 Å². The first-order valence-corrected chi connectivity index (χ1v) is 7.57. The van der Waals surface area contributed by atoms with E-state index in [1.807, 2.05) is 24.4 Å². The van der Waals surface area contributed by atoms with Gasteiger partial charge in [0, 0.05) is 43.5 Å². The molecule has 0 aliphatic carbocycles. The third-order valence-electron chi connectivity index (χ3n) is 3.71. The summed E-state index contributed by atoms with van der Waals surface area (Å²) in [7, 11) is 1.63. The van der Waals surface area contributed by atoms with Crippen LogP contribution in [0.2, 0.25) is 5.02 Å². The number of rotatable bonds is 3. The van der Waals surface area contributed by atoms with Crippen LogP contribution < -0.4 is 4.74 Å². The number of H-pyrrole nitrogens is 1. The summed E-state index contributed by atoms with van der Waals surface area (Å²) in [5.41, 5.74) is 3.48. The fraction of sp³-hybridized carbons (Fsp3) is 0.333. The molecule has 21 heavy (non-hydrogen) atoms. The quantitative estimate of drug-likeness (QED) is 0.880. The summed E-state index contributed by atoms with van der Waals surface area (Å²) >= 11 is 11.4. The predicted octanol–water partition coefficient (Wildman–Crippen LogP) is 3.36. The zero-order valence-electron chi connectivity index (χ0n) is 11.7. The van der Waals surface area contributed by atoms with E-state index in [4.69, 9.17) is 28.6 Å². The summed E-state index contributed by atoms with van der Waals surface area (Å²) in [6.07, 6.45) is 2.82. The third kappa shape index (κ3) is 3.10. The van der Waals surface area contributed by atoms with E-state index in [-0.39, 0.29) is 0 Å². The molecule has 1 aliphatic rings. The Morgan fingerprint density at radius 1 is 1.48 bits per heavy atom. The summed E-state index contributed by atoms with van der Waals surface area (Å²) in [6, 6.07) is 5.88. The van der Waals surface area contributed by atoms with Gasteiger partial charge in [-0.25, -0.2) is 4.98 Å². The van der Waals surface area contributed by atoms with Crippen molar-refractivity contribution in [2.24, 2.45) is 0 Å². The summed E-state index contributed by atoms with van der Waals surface area (Å²) < 4.78 is 5.82. The van der Waals surface area contributed by atoms with Crippen LogP contribution in [0.15, 0.2) is 24.4 Å². The van der Waals surface area contributed by atoms with Gasteiger partial charge in [-0.3, -0.25) is 4.90 Å². The fourth-order valence-electron chi connectivity index (χ4n) is 2.62. The number of halogens is 1. The van der Waals surface area contributed by atoms with Gasteiger partial charge >= 0.3 is 0 Å². The fourth-order valence-corrected chi connectivity index (χ4v) is 3.06. The molecule has 0 radical (unpaired) electrons. The Morgan fingerprint density at radius 2 is 2.33 bits per heavy atom. The molecule has 0 atom stereocenters. The van der Waals surface area contributed by atoms with Crippen LogP contribution in [0.1, 0.15) is 16.8 Å². The van der Waals surface area contributed by atoms with Gasteiger partial charge in [0.15, 0.2) is 4.77 Å². The minimum absolute atomic E-state index is 0.554. The maximum atomic E-state index is 6.37. The molecule has 0 unspecified atom stereocenters. The second-order valence-electron chi connectivity index (χ2n) is 5.09. The van der Waals surface area contributed by atoms with E-state index in [9.17, 15) is 0 Å². The van der Waals surface area contributed by atoms with Gasteiger partial charge in [-0.1, -0.05) is 23.7 Å². The predicted molar refractivity (Wildman–Crippen MR) is 85.2 cm³/mol. The van der Waals surface area contributed by atoms with Crippen LogP contribution >= 0.6 is 23.8 Å². The lowest BCUT2D eigenvalue weighted by molar-refractivity contribution is 0.242. The standard InChI is InChI=1S/C15H16ClN3OS/c1-20-13-4-2-3-10(14(13)16)8-19-6-5-12-11(9-19)7-17-15(21)18-12/h2-4,7H,5-6,8-9H2,1H3,(H,17,18,21). The number of aromatic amines is 1. The van der Waals surface area contributed by atoms with E-state index < -0.39 is 0 Å². The first kappa shape index (κ1) is 14.5. The molecule has 1 N–H and O–H groups in total. The minimum atomic E-state index is 0.554. The molecular formula is C15H16ClN3OS. The Balaban J connectivity index is 1.78. The smallest absolute Gasteiger partial charge is 0.196 e. The van der Waals surface area contributed by atoms with Crippen molar-refractivity contribution < 1.29 is 4.74 Å². The first-order valence-electron chi connectivity index (χ1n) is 6.78. The highest BCUT2D eigenvalue weighted by Gasteiger charge is 2.18. The van der Waals surface area contributed by atoms with Crippen LogP contribution in [0.25, 0.3) is 0 Å². The second kappa shape index (κ2) is 6.13. The Morgan fingerprint density at radius 3 is 3.14 bits per heavy atom. The number of hydrogen-bond acceptors (Lipinski definition) is 4. The van der Waals surface area contributed by atoms with E-state index in [0.717, 1.165) is 37.4 Å². The number of nitrogens with one attached hydrogen (secondary N) is 1. The maximum absolute atomic E-state index is 6.37. The van der Waals surface area contributed by atoms with Crippen molar-refractivity contribution in [3.63, 3.8) is 0 Å². The van der Waals surface area contributed by atoms with Crippen molar-refractivity contribution in [3.8, 4) is 5.75 Å². The molecule has 0 bridgehead atoms. The molecule has 1 aromatic carbocycles. The normalized spacial score (nSPS) is 14.8. The van der Waals surface area contributed by atoms with Gasteiger partial charge in [-0.15, -0.1) is 0 Å². The lowest BCUT2D eigenvalue weighted by Gasteiger charge is -2.28. The van der Waals surface area contributed by atoms with Gasteiger partial charge in [-0.05, 0) is 23.8 Å². The zero-order chi connectivity index (χ0) is 14.8. The number of ether oxygens (including phenoxy) is 1. The molecule has 0 saturated heterocycles. The molecule has 0 saturated carbocycles. The van der Waals surface area contributed by atoms with E-state index in [1.54, 1.807) is 7.11 Å². The Labute approximate surface area is 133 Å². The Hall–Kier alpha value is -1.43. The second-order valence-corrected chi connectivity index (χ2v) is 5.85. The molecule has 0 spiro atoms. The zero-order valence-corrected chi connectivity index (χ0v) is 13.3. The van der Waals surface area contributed by atoms with Crippen molar-refractivity contribution >= 4 is 23.8 Å². The van der Waals surface area contributed by atoms with Crippen LogP contribution in [-0.4, -0.2) is 28.5 Å². The molecule has 1 aromatic heterocycles. The number of nitrogens with zero attached hydrogens (tertiary/aromatic N) is 2. The molecule has 2 aromatic rings. The van der Waals surface area contributed by atoms with Crippen molar-refractivity contribution in [3.05, 3.63) is 51.0 Å². The largest absolute Gasteiger partial charge is 0.495 e. The molecule has 0 amide bonds. The monoisotopic (exact) mass is 321 g/mol. The number of aromatic nitrogens is 2. The van der Waals surface area contributed by atoms with Gasteiger partial charge in [0.1, 0.15) is 5.75 Å². The van der Waals surface area contributed by atoms with E-state index in [0.29, 0.717) is 9.79 Å². The molecule has 3 rings (SSSR count). The summed E-state index contributed by atoms with van der Waals surface area (Å²) in [4.78, 5) is 9.69. The number of methoxy groups -OCH3 is 1. The molecule has 110 valence electrons. The summed E-state index contributed by atoms with van der Waals surface area (Å²) in [5.74, 6) is 0.720. The van der Waals surface area contributed by atoms with Crippen LogP contribution in [0, 0.1) is 4.77 Å². The van der Waals surface area contributed by atoms with Crippen molar-refractivity contribution in [2.45, 2.75) is 19.5 Å². The SMILES string of the molecule is COc1cccc(CN2CCc3[nH]c(=S)ncc3C2)c1Cl. The van der Waals surface area contributed by atoms with Crippen molar-refractivity contribution in [2.75, 3.05) is 13.7 Å². The minimum Gasteiger partial charge on any atom is -0.495 e. The van der Waals surface area contributed by atoms with Crippen LogP contribution in [-0.2, 0) is 19.5 Å². The highest BCUT2D eigenvalue weighted by atomic mass is 35.5. The van der Waals surface area contributed by atoms with Crippen LogP contribution in [0.3, 0.4) is 0 Å². The lowest BCUT2D eigenvalue weighted by Crippen LogP contribution is -2.31. The topological polar surface area (TPSA) is 41.1 Å². The molecule has 6 heteroatoms. The maximum Gasteiger partial charge on any atom is 0.196 e. The van der Waals surface area contributed by atoms with Gasteiger partial charge < -0.3 is 9.72 Å².